The molecule has 1 unspecified atom stereocenters. The molecule has 0 aliphatic heterocycles. The molecule has 0 fully saturated rings. The molecule has 1 aromatic heterocycles. The Labute approximate surface area is 120 Å². The molecule has 0 aliphatic carbocycles. The highest BCUT2D eigenvalue weighted by Gasteiger charge is 2.16. The lowest BCUT2D eigenvalue weighted by Gasteiger charge is -2.14. The normalized spacial score (nSPS) is 13.3. The van der Waals surface area contributed by atoms with Gasteiger partial charge in [0, 0.05) is 17.8 Å². The third-order valence-corrected chi connectivity index (χ3v) is 3.98. The molecular formula is C16H23ClN2. The van der Waals surface area contributed by atoms with Gasteiger partial charge in [0.05, 0.1) is 11.2 Å². The van der Waals surface area contributed by atoms with Crippen molar-refractivity contribution in [1.29, 1.82) is 0 Å². The summed E-state index contributed by atoms with van der Waals surface area (Å²) in [4.78, 5) is 0. The second kappa shape index (κ2) is 6.42. The number of alkyl halides is 1. The molecule has 0 saturated heterocycles. The molecule has 3 heteroatoms. The van der Waals surface area contributed by atoms with Gasteiger partial charge in [-0.05, 0) is 37.7 Å². The summed E-state index contributed by atoms with van der Waals surface area (Å²) in [7, 11) is 0. The van der Waals surface area contributed by atoms with Crippen LogP contribution in [0.5, 0.6) is 0 Å². The second-order valence-electron chi connectivity index (χ2n) is 5.63. The molecule has 0 bridgehead atoms. The van der Waals surface area contributed by atoms with Crippen molar-refractivity contribution in [3.8, 4) is 0 Å². The SMILES string of the molecule is CCn1nc(CC(CCl)CC(C)C)c2ccccc21. The maximum absolute atomic E-state index is 6.12. The average molecular weight is 279 g/mol. The van der Waals surface area contributed by atoms with Crippen LogP contribution in [-0.4, -0.2) is 15.7 Å². The molecule has 1 atom stereocenters. The van der Waals surface area contributed by atoms with Crippen molar-refractivity contribution in [3.05, 3.63) is 30.0 Å². The van der Waals surface area contributed by atoms with Gasteiger partial charge in [-0.2, -0.15) is 5.10 Å². The minimum atomic E-state index is 0.519. The highest BCUT2D eigenvalue weighted by molar-refractivity contribution is 6.18. The van der Waals surface area contributed by atoms with E-state index in [4.69, 9.17) is 16.7 Å². The van der Waals surface area contributed by atoms with E-state index in [1.807, 2.05) is 0 Å². The smallest absolute Gasteiger partial charge is 0.0706 e. The molecule has 0 aliphatic rings. The second-order valence-corrected chi connectivity index (χ2v) is 5.94. The van der Waals surface area contributed by atoms with Crippen LogP contribution in [-0.2, 0) is 13.0 Å². The van der Waals surface area contributed by atoms with Crippen LogP contribution in [0, 0.1) is 11.8 Å². The Kier molecular flexibility index (Phi) is 4.87. The van der Waals surface area contributed by atoms with Gasteiger partial charge in [0.15, 0.2) is 0 Å². The first-order valence-corrected chi connectivity index (χ1v) is 7.69. The molecule has 104 valence electrons. The lowest BCUT2D eigenvalue weighted by Crippen LogP contribution is -2.10. The van der Waals surface area contributed by atoms with Gasteiger partial charge < -0.3 is 0 Å². The largest absolute Gasteiger partial charge is 0.265 e. The quantitative estimate of drug-likeness (QED) is 0.712. The summed E-state index contributed by atoms with van der Waals surface area (Å²) in [5.74, 6) is 1.92. The van der Waals surface area contributed by atoms with Crippen LogP contribution in [0.25, 0.3) is 10.9 Å². The van der Waals surface area contributed by atoms with Crippen LogP contribution in [0.3, 0.4) is 0 Å². The predicted molar refractivity (Wildman–Crippen MR) is 82.8 cm³/mol. The van der Waals surface area contributed by atoms with Crippen molar-refractivity contribution in [2.75, 3.05) is 5.88 Å². The molecule has 2 aromatic rings. The van der Waals surface area contributed by atoms with E-state index in [1.54, 1.807) is 0 Å². The summed E-state index contributed by atoms with van der Waals surface area (Å²) in [5.41, 5.74) is 2.43. The zero-order valence-corrected chi connectivity index (χ0v) is 12.8. The van der Waals surface area contributed by atoms with E-state index in [1.165, 1.54) is 16.6 Å². The number of halogens is 1. The van der Waals surface area contributed by atoms with E-state index in [9.17, 15) is 0 Å². The molecule has 0 N–H and O–H groups in total. The van der Waals surface area contributed by atoms with Crippen LogP contribution in [0.1, 0.15) is 32.9 Å². The minimum Gasteiger partial charge on any atom is -0.265 e. The van der Waals surface area contributed by atoms with Crippen LogP contribution in [0.15, 0.2) is 24.3 Å². The number of fused-ring (bicyclic) bond motifs is 1. The van der Waals surface area contributed by atoms with Crippen molar-refractivity contribution in [3.63, 3.8) is 0 Å². The molecule has 0 amide bonds. The Morgan fingerprint density at radius 1 is 1.26 bits per heavy atom. The molecular weight excluding hydrogens is 256 g/mol. The number of nitrogens with zero attached hydrogens (tertiary/aromatic N) is 2. The van der Waals surface area contributed by atoms with Gasteiger partial charge in [0.2, 0.25) is 0 Å². The molecule has 19 heavy (non-hydrogen) atoms. The molecule has 0 radical (unpaired) electrons. The zero-order chi connectivity index (χ0) is 13.8. The third-order valence-electron chi connectivity index (χ3n) is 3.54. The van der Waals surface area contributed by atoms with Crippen LogP contribution >= 0.6 is 11.6 Å². The Hall–Kier alpha value is -1.02. The fraction of sp³-hybridized carbons (Fsp3) is 0.562. The van der Waals surface area contributed by atoms with Crippen LogP contribution < -0.4 is 0 Å². The van der Waals surface area contributed by atoms with Gasteiger partial charge in [-0.3, -0.25) is 4.68 Å². The Morgan fingerprint density at radius 3 is 2.63 bits per heavy atom. The molecule has 1 aromatic carbocycles. The molecule has 1 heterocycles. The summed E-state index contributed by atoms with van der Waals surface area (Å²) in [6.45, 7) is 7.55. The van der Waals surface area contributed by atoms with Crippen molar-refractivity contribution < 1.29 is 0 Å². The number of benzene rings is 1. The van der Waals surface area contributed by atoms with Gasteiger partial charge >= 0.3 is 0 Å². The highest BCUT2D eigenvalue weighted by atomic mass is 35.5. The maximum atomic E-state index is 6.12. The summed E-state index contributed by atoms with van der Waals surface area (Å²) < 4.78 is 2.09. The topological polar surface area (TPSA) is 17.8 Å². The van der Waals surface area contributed by atoms with Crippen LogP contribution in [0.2, 0.25) is 0 Å². The number of para-hydroxylation sites is 1. The molecule has 0 spiro atoms. The fourth-order valence-electron chi connectivity index (χ4n) is 2.73. The van der Waals surface area contributed by atoms with Crippen molar-refractivity contribution >= 4 is 22.5 Å². The lowest BCUT2D eigenvalue weighted by atomic mass is 9.93. The van der Waals surface area contributed by atoms with Gasteiger partial charge in [0.25, 0.3) is 0 Å². The summed E-state index contributed by atoms with van der Waals surface area (Å²) >= 11 is 6.12. The lowest BCUT2D eigenvalue weighted by molar-refractivity contribution is 0.436. The summed E-state index contributed by atoms with van der Waals surface area (Å²) in [6, 6.07) is 8.48. The third kappa shape index (κ3) is 3.30. The maximum Gasteiger partial charge on any atom is 0.0706 e. The molecule has 2 nitrogen and oxygen atoms in total. The van der Waals surface area contributed by atoms with Gasteiger partial charge in [-0.25, -0.2) is 0 Å². The first-order chi connectivity index (χ1) is 9.15. The number of rotatable bonds is 6. The van der Waals surface area contributed by atoms with Crippen LogP contribution in [0.4, 0.5) is 0 Å². The molecule has 2 rings (SSSR count). The zero-order valence-electron chi connectivity index (χ0n) is 12.1. The summed E-state index contributed by atoms with van der Waals surface area (Å²) in [5, 5.41) is 6.04. The van der Waals surface area contributed by atoms with E-state index in [-0.39, 0.29) is 0 Å². The van der Waals surface area contributed by atoms with Gasteiger partial charge in [-0.15, -0.1) is 11.6 Å². The standard InChI is InChI=1S/C16H23ClN2/c1-4-19-16-8-6-5-7-14(16)15(18-19)10-13(11-17)9-12(2)3/h5-8,12-13H,4,9-11H2,1-3H3. The highest BCUT2D eigenvalue weighted by Crippen LogP contribution is 2.24. The van der Waals surface area contributed by atoms with E-state index in [2.05, 4.69) is 49.7 Å². The average Bonchev–Trinajstić information content (AvgIpc) is 2.76. The van der Waals surface area contributed by atoms with Crippen molar-refractivity contribution in [2.24, 2.45) is 11.8 Å². The number of hydrogen-bond acceptors (Lipinski definition) is 1. The van der Waals surface area contributed by atoms with Gasteiger partial charge in [0.1, 0.15) is 0 Å². The number of hydrogen-bond donors (Lipinski definition) is 0. The summed E-state index contributed by atoms with van der Waals surface area (Å²) in [6.07, 6.45) is 2.14. The Morgan fingerprint density at radius 2 is 2.00 bits per heavy atom. The van der Waals surface area contributed by atoms with E-state index in [0.29, 0.717) is 17.7 Å². The van der Waals surface area contributed by atoms with E-state index >= 15 is 0 Å². The fourth-order valence-corrected chi connectivity index (χ4v) is 2.96. The van der Waals surface area contributed by atoms with Crippen molar-refractivity contribution in [1.82, 2.24) is 9.78 Å². The van der Waals surface area contributed by atoms with Gasteiger partial charge in [-0.1, -0.05) is 32.0 Å². The molecule has 0 saturated carbocycles. The van der Waals surface area contributed by atoms with Crippen molar-refractivity contribution in [2.45, 2.75) is 40.2 Å². The monoisotopic (exact) mass is 278 g/mol. The number of aryl methyl sites for hydroxylation is 1. The first kappa shape index (κ1) is 14.4. The Balaban J connectivity index is 2.29. The first-order valence-electron chi connectivity index (χ1n) is 7.16. The van der Waals surface area contributed by atoms with E-state index < -0.39 is 0 Å². The minimum absolute atomic E-state index is 0.519. The Bertz CT molecular complexity index is 531. The van der Waals surface area contributed by atoms with E-state index in [0.717, 1.165) is 19.4 Å². The number of aromatic nitrogens is 2. The predicted octanol–water partition coefficient (Wildman–Crippen LogP) is 4.50.